The molecule has 0 radical (unpaired) electrons. The smallest absolute Gasteiger partial charge is 0.301 e. The van der Waals surface area contributed by atoms with Crippen LogP contribution in [-0.4, -0.2) is 33.8 Å². The van der Waals surface area contributed by atoms with Crippen molar-refractivity contribution < 1.29 is 24.4 Å². The number of aliphatic hydroxyl groups excluding tert-OH is 1. The largest absolute Gasteiger partial charge is 0.507 e. The third-order valence-corrected chi connectivity index (χ3v) is 7.32. The van der Waals surface area contributed by atoms with Gasteiger partial charge in [-0.2, -0.15) is 0 Å². The second kappa shape index (κ2) is 9.14. The highest BCUT2D eigenvalue weighted by atomic mass is 32.1. The summed E-state index contributed by atoms with van der Waals surface area (Å²) in [5, 5.41) is 22.9. The third kappa shape index (κ3) is 4.11. The molecular formula is C27H21N3O6S. The number of Topliss-reactive ketones (excluding diaryl/α,β-unsaturated/α-hetero) is 1. The fourth-order valence-electron chi connectivity index (χ4n) is 4.38. The molecule has 1 aromatic heterocycles. The Morgan fingerprint density at radius 3 is 2.49 bits per heavy atom. The van der Waals surface area contributed by atoms with Crippen LogP contribution in [0.3, 0.4) is 0 Å². The van der Waals surface area contributed by atoms with Gasteiger partial charge in [-0.15, -0.1) is 0 Å². The number of rotatable bonds is 5. The van der Waals surface area contributed by atoms with Crippen molar-refractivity contribution in [1.29, 1.82) is 0 Å². The maximum Gasteiger partial charge on any atom is 0.301 e. The SMILES string of the molecule is COc1ccc2nc(N3C(=O)C(=O)C(=C(O)c4cc(C)ccc4C)C3c3ccc([N+](=O)[O-])cc3)sc2c1. The van der Waals surface area contributed by atoms with Crippen LogP contribution in [0.25, 0.3) is 16.0 Å². The number of aliphatic hydroxyl groups is 1. The Bertz CT molecular complexity index is 1620. The zero-order valence-corrected chi connectivity index (χ0v) is 20.9. The predicted molar refractivity (Wildman–Crippen MR) is 140 cm³/mol. The van der Waals surface area contributed by atoms with Gasteiger partial charge in [-0.05, 0) is 61.4 Å². The molecule has 1 fully saturated rings. The van der Waals surface area contributed by atoms with Crippen molar-refractivity contribution in [2.24, 2.45) is 0 Å². The highest BCUT2D eigenvalue weighted by Crippen LogP contribution is 2.45. The van der Waals surface area contributed by atoms with Crippen molar-refractivity contribution in [3.8, 4) is 5.75 Å². The molecule has 37 heavy (non-hydrogen) atoms. The van der Waals surface area contributed by atoms with Gasteiger partial charge in [-0.3, -0.25) is 24.6 Å². The molecule has 0 saturated carbocycles. The molecule has 1 saturated heterocycles. The number of aromatic nitrogens is 1. The number of methoxy groups -OCH3 is 1. The standard InChI is InChI=1S/C27H21N3O6S/c1-14-4-5-15(2)19(12-14)24(31)22-23(16-6-8-17(9-7-16)30(34)35)29(26(33)25(22)32)27-28-20-11-10-18(36-3)13-21(20)37-27/h4-13,23,31H,1-3H3. The summed E-state index contributed by atoms with van der Waals surface area (Å²) in [5.41, 5.74) is 2.82. The summed E-state index contributed by atoms with van der Waals surface area (Å²) in [6.45, 7) is 3.66. The molecule has 1 unspecified atom stereocenters. The fourth-order valence-corrected chi connectivity index (χ4v) is 5.40. The lowest BCUT2D eigenvalue weighted by molar-refractivity contribution is -0.384. The number of nitro benzene ring substituents is 1. The minimum absolute atomic E-state index is 0.107. The molecule has 0 bridgehead atoms. The number of thiazole rings is 1. The number of nitrogens with zero attached hydrogens (tertiary/aromatic N) is 3. The van der Waals surface area contributed by atoms with Gasteiger partial charge in [0.15, 0.2) is 5.13 Å². The van der Waals surface area contributed by atoms with Crippen LogP contribution in [0.2, 0.25) is 0 Å². The van der Waals surface area contributed by atoms with Crippen molar-refractivity contribution >= 4 is 49.8 Å². The summed E-state index contributed by atoms with van der Waals surface area (Å²) in [6, 6.07) is 15.3. The van der Waals surface area contributed by atoms with E-state index in [1.165, 1.54) is 40.5 Å². The number of non-ortho nitro benzene ring substituents is 1. The molecule has 2 heterocycles. The van der Waals surface area contributed by atoms with E-state index in [0.717, 1.165) is 15.8 Å². The molecule has 1 N–H and O–H groups in total. The van der Waals surface area contributed by atoms with E-state index in [2.05, 4.69) is 4.98 Å². The highest BCUT2D eigenvalue weighted by Gasteiger charge is 2.48. The van der Waals surface area contributed by atoms with E-state index in [1.54, 1.807) is 38.3 Å². The minimum Gasteiger partial charge on any atom is -0.507 e. The van der Waals surface area contributed by atoms with E-state index in [0.29, 0.717) is 22.4 Å². The second-order valence-electron chi connectivity index (χ2n) is 8.67. The molecule has 1 aliphatic heterocycles. The molecule has 1 aliphatic rings. The lowest BCUT2D eigenvalue weighted by Gasteiger charge is -2.23. The van der Waals surface area contributed by atoms with Crippen molar-refractivity contribution in [1.82, 2.24) is 4.98 Å². The van der Waals surface area contributed by atoms with Crippen LogP contribution in [0.15, 0.2) is 66.2 Å². The summed E-state index contributed by atoms with van der Waals surface area (Å²) in [7, 11) is 1.55. The number of hydrogen-bond acceptors (Lipinski definition) is 8. The van der Waals surface area contributed by atoms with E-state index in [1.807, 2.05) is 19.1 Å². The van der Waals surface area contributed by atoms with Gasteiger partial charge in [0.25, 0.3) is 11.5 Å². The van der Waals surface area contributed by atoms with Gasteiger partial charge in [0, 0.05) is 17.7 Å². The van der Waals surface area contributed by atoms with Crippen molar-refractivity contribution in [2.45, 2.75) is 19.9 Å². The number of amides is 1. The van der Waals surface area contributed by atoms with E-state index in [-0.39, 0.29) is 22.2 Å². The molecule has 1 atom stereocenters. The Morgan fingerprint density at radius 2 is 1.81 bits per heavy atom. The van der Waals surface area contributed by atoms with E-state index in [4.69, 9.17) is 4.74 Å². The highest BCUT2D eigenvalue weighted by molar-refractivity contribution is 7.22. The molecule has 3 aromatic carbocycles. The second-order valence-corrected chi connectivity index (χ2v) is 9.68. The van der Waals surface area contributed by atoms with Crippen LogP contribution in [-0.2, 0) is 9.59 Å². The minimum atomic E-state index is -1.04. The normalized spacial score (nSPS) is 16.9. The maximum atomic E-state index is 13.4. The topological polar surface area (TPSA) is 123 Å². The number of carbonyl (C=O) groups is 2. The van der Waals surface area contributed by atoms with E-state index >= 15 is 0 Å². The van der Waals surface area contributed by atoms with Gasteiger partial charge in [0.05, 0.1) is 33.9 Å². The van der Waals surface area contributed by atoms with Gasteiger partial charge in [0.1, 0.15) is 11.5 Å². The molecule has 186 valence electrons. The lowest BCUT2D eigenvalue weighted by atomic mass is 9.93. The first-order valence-corrected chi connectivity index (χ1v) is 12.1. The number of anilines is 1. The molecular weight excluding hydrogens is 494 g/mol. The Kier molecular flexibility index (Phi) is 5.96. The van der Waals surface area contributed by atoms with Crippen molar-refractivity contribution in [3.05, 3.63) is 98.6 Å². The number of hydrogen-bond donors (Lipinski definition) is 1. The lowest BCUT2D eigenvalue weighted by Crippen LogP contribution is -2.29. The Hall–Kier alpha value is -4.57. The number of nitro groups is 1. The number of aryl methyl sites for hydroxylation is 2. The Balaban J connectivity index is 1.74. The van der Waals surface area contributed by atoms with Crippen LogP contribution < -0.4 is 9.64 Å². The number of ether oxygens (including phenoxy) is 1. The van der Waals surface area contributed by atoms with Gasteiger partial charge in [-0.1, -0.05) is 29.0 Å². The van der Waals surface area contributed by atoms with Crippen LogP contribution in [0, 0.1) is 24.0 Å². The van der Waals surface area contributed by atoms with E-state index < -0.39 is 22.7 Å². The van der Waals surface area contributed by atoms with Crippen molar-refractivity contribution in [2.75, 3.05) is 12.0 Å². The van der Waals surface area contributed by atoms with Gasteiger partial charge in [0.2, 0.25) is 0 Å². The monoisotopic (exact) mass is 515 g/mol. The maximum absolute atomic E-state index is 13.4. The summed E-state index contributed by atoms with van der Waals surface area (Å²) in [4.78, 5) is 43.4. The number of ketones is 1. The van der Waals surface area contributed by atoms with Gasteiger partial charge in [-0.25, -0.2) is 4.98 Å². The molecule has 5 rings (SSSR count). The summed E-state index contributed by atoms with van der Waals surface area (Å²) >= 11 is 1.20. The van der Waals surface area contributed by atoms with Crippen LogP contribution in [0.4, 0.5) is 10.8 Å². The average Bonchev–Trinajstić information content (AvgIpc) is 3.42. The first-order valence-electron chi connectivity index (χ1n) is 11.3. The zero-order valence-electron chi connectivity index (χ0n) is 20.1. The molecule has 0 spiro atoms. The number of fused-ring (bicyclic) bond motifs is 1. The fraction of sp³-hybridized carbons (Fsp3) is 0.148. The van der Waals surface area contributed by atoms with Gasteiger partial charge >= 0.3 is 5.91 Å². The molecule has 1 amide bonds. The molecule has 10 heteroatoms. The zero-order chi connectivity index (χ0) is 26.4. The quantitative estimate of drug-likeness (QED) is 0.123. The number of carbonyl (C=O) groups excluding carboxylic acids is 2. The van der Waals surface area contributed by atoms with Crippen LogP contribution in [0.1, 0.15) is 28.3 Å². The predicted octanol–water partition coefficient (Wildman–Crippen LogP) is 5.46. The van der Waals surface area contributed by atoms with E-state index in [9.17, 15) is 24.8 Å². The first kappa shape index (κ1) is 24.1. The molecule has 4 aromatic rings. The third-order valence-electron chi connectivity index (χ3n) is 6.30. The average molecular weight is 516 g/mol. The Labute approximate surface area is 215 Å². The summed E-state index contributed by atoms with van der Waals surface area (Å²) < 4.78 is 6.03. The van der Waals surface area contributed by atoms with Crippen LogP contribution >= 0.6 is 11.3 Å². The molecule has 0 aliphatic carbocycles. The van der Waals surface area contributed by atoms with Crippen LogP contribution in [0.5, 0.6) is 5.75 Å². The summed E-state index contributed by atoms with van der Waals surface area (Å²) in [6.07, 6.45) is 0. The first-order chi connectivity index (χ1) is 17.7. The number of benzene rings is 3. The van der Waals surface area contributed by atoms with Crippen molar-refractivity contribution in [3.63, 3.8) is 0 Å². The summed E-state index contributed by atoms with van der Waals surface area (Å²) in [5.74, 6) is -1.40. The Morgan fingerprint density at radius 1 is 1.08 bits per heavy atom. The van der Waals surface area contributed by atoms with Gasteiger partial charge < -0.3 is 9.84 Å². The molecule has 9 nitrogen and oxygen atoms in total.